The van der Waals surface area contributed by atoms with E-state index in [1.807, 2.05) is 0 Å². The molecule has 0 aliphatic carbocycles. The molecule has 0 bridgehead atoms. The van der Waals surface area contributed by atoms with Crippen molar-refractivity contribution in [3.8, 4) is 0 Å². The average Bonchev–Trinajstić information content (AvgIpc) is 2.69. The Kier molecular flexibility index (Phi) is 3.68. The van der Waals surface area contributed by atoms with Crippen molar-refractivity contribution in [2.45, 2.75) is 12.5 Å². The summed E-state index contributed by atoms with van der Waals surface area (Å²) in [5, 5.41) is 31.3. The molecule has 82 valence electrons. The minimum Gasteiger partial charge on any atom is -0.480 e. The van der Waals surface area contributed by atoms with Crippen LogP contribution in [0.15, 0.2) is 0 Å². The summed E-state index contributed by atoms with van der Waals surface area (Å²) in [6, 6.07) is -1.17. The number of hydrogen-bond donors (Lipinski definition) is 4. The van der Waals surface area contributed by atoms with E-state index in [0.717, 1.165) is 0 Å². The van der Waals surface area contributed by atoms with Crippen LogP contribution in [0.1, 0.15) is 17.0 Å². The number of nitrogens with one attached hydrogen (secondary N) is 2. The first-order valence-electron chi connectivity index (χ1n) is 4.03. The summed E-state index contributed by atoms with van der Waals surface area (Å²) < 4.78 is 0. The van der Waals surface area contributed by atoms with Crippen molar-refractivity contribution in [1.29, 1.82) is 0 Å². The van der Waals surface area contributed by atoms with Crippen molar-refractivity contribution in [2.24, 2.45) is 0 Å². The maximum Gasteiger partial charge on any atom is 0.326 e. The van der Waals surface area contributed by atoms with Crippen LogP contribution >= 0.6 is 0 Å². The van der Waals surface area contributed by atoms with E-state index in [-0.39, 0.29) is 18.9 Å². The van der Waals surface area contributed by atoms with Crippen LogP contribution in [0.5, 0.6) is 0 Å². The number of hydrogen-bond acceptors (Lipinski definition) is 6. The van der Waals surface area contributed by atoms with Crippen molar-refractivity contribution in [3.63, 3.8) is 0 Å². The van der Waals surface area contributed by atoms with Gasteiger partial charge in [-0.05, 0) is 5.21 Å². The van der Waals surface area contributed by atoms with E-state index >= 15 is 0 Å². The highest BCUT2D eigenvalue weighted by atomic mass is 16.4. The molecule has 1 rings (SSSR count). The van der Waals surface area contributed by atoms with Crippen molar-refractivity contribution < 1.29 is 19.8 Å². The van der Waals surface area contributed by atoms with E-state index in [1.165, 1.54) is 0 Å². The molecule has 1 aromatic heterocycles. The lowest BCUT2D eigenvalue weighted by Crippen LogP contribution is -2.41. The molecule has 9 nitrogen and oxygen atoms in total. The molecule has 1 aromatic rings. The zero-order valence-corrected chi connectivity index (χ0v) is 7.54. The largest absolute Gasteiger partial charge is 0.480 e. The molecule has 0 radical (unpaired) electrons. The zero-order valence-electron chi connectivity index (χ0n) is 7.54. The molecule has 0 aliphatic rings. The topological polar surface area (TPSA) is 141 Å². The number of aromatic amines is 1. The smallest absolute Gasteiger partial charge is 0.326 e. The molecule has 9 heteroatoms. The number of aliphatic hydroxyl groups excluding tert-OH is 1. The van der Waals surface area contributed by atoms with Gasteiger partial charge in [0.25, 0.3) is 11.7 Å². The summed E-state index contributed by atoms with van der Waals surface area (Å²) in [5.41, 5.74) is 0. The lowest BCUT2D eigenvalue weighted by Gasteiger charge is -2.10. The molecule has 15 heavy (non-hydrogen) atoms. The highest BCUT2D eigenvalue weighted by Gasteiger charge is 2.21. The van der Waals surface area contributed by atoms with Crippen LogP contribution in [0, 0.1) is 0 Å². The monoisotopic (exact) mass is 215 g/mol. The fourth-order valence-corrected chi connectivity index (χ4v) is 0.867. The summed E-state index contributed by atoms with van der Waals surface area (Å²) >= 11 is 0. The van der Waals surface area contributed by atoms with Gasteiger partial charge in [0.2, 0.25) is 0 Å². The summed E-state index contributed by atoms with van der Waals surface area (Å²) in [6.45, 7) is -0.344. The lowest BCUT2D eigenvalue weighted by atomic mass is 10.2. The highest BCUT2D eigenvalue weighted by molar-refractivity contribution is 5.93. The van der Waals surface area contributed by atoms with E-state index in [9.17, 15) is 9.59 Å². The average molecular weight is 215 g/mol. The van der Waals surface area contributed by atoms with Gasteiger partial charge in [-0.15, -0.1) is 10.2 Å². The first kappa shape index (κ1) is 11.0. The van der Waals surface area contributed by atoms with Gasteiger partial charge in [-0.1, -0.05) is 0 Å². The first-order chi connectivity index (χ1) is 7.15. The number of H-pyrrole nitrogens is 1. The Bertz CT molecular complexity index is 337. The Morgan fingerprint density at radius 2 is 2.27 bits per heavy atom. The Labute approximate surface area is 83.5 Å². The predicted octanol–water partition coefficient (Wildman–Crippen LogP) is -2.23. The minimum atomic E-state index is -1.24. The number of aliphatic hydroxyl groups is 1. The summed E-state index contributed by atoms with van der Waals surface area (Å²) in [6.07, 6.45) is -0.0844. The number of carboxylic acids is 1. The number of carboxylic acid groups (broad SMARTS) is 1. The molecule has 1 atom stereocenters. The molecule has 0 saturated heterocycles. The van der Waals surface area contributed by atoms with E-state index in [0.29, 0.717) is 0 Å². The standard InChI is InChI=1S/C6H9N5O4/c12-2-1-3(6(14)15)7-5(13)4-8-10-11-9-4/h3,12H,1-2H2,(H,7,13)(H,14,15)(H,8,9,10,11)/t3-/m1/s1. The van der Waals surface area contributed by atoms with Crippen LogP contribution in [-0.2, 0) is 4.79 Å². The molecule has 4 N–H and O–H groups in total. The van der Waals surface area contributed by atoms with Gasteiger partial charge in [0, 0.05) is 13.0 Å². The minimum absolute atomic E-state index is 0.0844. The number of nitrogens with zero attached hydrogens (tertiary/aromatic N) is 3. The van der Waals surface area contributed by atoms with Crippen LogP contribution in [0.2, 0.25) is 0 Å². The normalized spacial score (nSPS) is 12.1. The van der Waals surface area contributed by atoms with E-state index in [4.69, 9.17) is 10.2 Å². The zero-order chi connectivity index (χ0) is 11.3. The molecule has 0 spiro atoms. The van der Waals surface area contributed by atoms with Crippen molar-refractivity contribution in [2.75, 3.05) is 6.61 Å². The van der Waals surface area contributed by atoms with Gasteiger partial charge in [0.05, 0.1) is 0 Å². The highest BCUT2D eigenvalue weighted by Crippen LogP contribution is 1.93. The number of aromatic nitrogens is 4. The molecular formula is C6H9N5O4. The van der Waals surface area contributed by atoms with Gasteiger partial charge in [0.15, 0.2) is 0 Å². The Morgan fingerprint density at radius 3 is 2.73 bits per heavy atom. The van der Waals surface area contributed by atoms with Crippen LogP contribution in [-0.4, -0.2) is 55.4 Å². The maximum atomic E-state index is 11.3. The van der Waals surface area contributed by atoms with Crippen molar-refractivity contribution in [3.05, 3.63) is 5.82 Å². The van der Waals surface area contributed by atoms with Gasteiger partial charge in [-0.3, -0.25) is 4.79 Å². The first-order valence-corrected chi connectivity index (χ1v) is 4.03. The fourth-order valence-electron chi connectivity index (χ4n) is 0.867. The van der Waals surface area contributed by atoms with E-state index in [2.05, 4.69) is 25.9 Å². The van der Waals surface area contributed by atoms with Crippen molar-refractivity contribution in [1.82, 2.24) is 25.9 Å². The SMILES string of the molecule is O=C(N[C@H](CCO)C(=O)O)c1nn[nH]n1. The van der Waals surface area contributed by atoms with Gasteiger partial charge in [-0.2, -0.15) is 5.21 Å². The number of carbonyl (C=O) groups excluding carboxylic acids is 1. The van der Waals surface area contributed by atoms with Crippen LogP contribution in [0.4, 0.5) is 0 Å². The lowest BCUT2D eigenvalue weighted by molar-refractivity contribution is -0.139. The second-order valence-corrected chi connectivity index (χ2v) is 2.61. The summed E-state index contributed by atoms with van der Waals surface area (Å²) in [7, 11) is 0. The quantitative estimate of drug-likeness (QED) is 0.435. The number of carbonyl (C=O) groups is 2. The molecule has 0 fully saturated rings. The van der Waals surface area contributed by atoms with Crippen LogP contribution in [0.25, 0.3) is 0 Å². The van der Waals surface area contributed by atoms with Crippen LogP contribution in [0.3, 0.4) is 0 Å². The number of amides is 1. The number of aliphatic carboxylic acids is 1. The van der Waals surface area contributed by atoms with E-state index < -0.39 is 17.9 Å². The van der Waals surface area contributed by atoms with Gasteiger partial charge in [-0.25, -0.2) is 4.79 Å². The molecule has 1 amide bonds. The third-order valence-corrected chi connectivity index (χ3v) is 1.57. The van der Waals surface area contributed by atoms with Gasteiger partial charge in [0.1, 0.15) is 6.04 Å². The maximum absolute atomic E-state index is 11.3. The van der Waals surface area contributed by atoms with Crippen LogP contribution < -0.4 is 5.32 Å². The second-order valence-electron chi connectivity index (χ2n) is 2.61. The van der Waals surface area contributed by atoms with Gasteiger partial charge < -0.3 is 15.5 Å². The molecule has 0 aliphatic heterocycles. The number of tetrazole rings is 1. The molecule has 0 unspecified atom stereocenters. The molecule has 1 heterocycles. The second kappa shape index (κ2) is 5.00. The molecular weight excluding hydrogens is 206 g/mol. The summed E-state index contributed by atoms with van der Waals surface area (Å²) in [5.74, 6) is -2.25. The third-order valence-electron chi connectivity index (χ3n) is 1.57. The Morgan fingerprint density at radius 1 is 1.53 bits per heavy atom. The predicted molar refractivity (Wildman–Crippen MR) is 44.8 cm³/mol. The number of rotatable bonds is 5. The van der Waals surface area contributed by atoms with Crippen molar-refractivity contribution >= 4 is 11.9 Å². The Balaban J connectivity index is 2.59. The fraction of sp³-hybridized carbons (Fsp3) is 0.500. The molecule has 0 saturated carbocycles. The molecule has 0 aromatic carbocycles. The summed E-state index contributed by atoms with van der Waals surface area (Å²) in [4.78, 5) is 21.9. The Hall–Kier alpha value is -2.03. The van der Waals surface area contributed by atoms with Gasteiger partial charge >= 0.3 is 5.97 Å². The van der Waals surface area contributed by atoms with E-state index in [1.54, 1.807) is 0 Å². The third kappa shape index (κ3) is 2.98.